The predicted octanol–water partition coefficient (Wildman–Crippen LogP) is 2.81. The first kappa shape index (κ1) is 19.8. The number of methoxy groups -OCH3 is 1. The Labute approximate surface area is 167 Å². The molecule has 0 spiro atoms. The molecule has 0 saturated carbocycles. The molecule has 0 unspecified atom stereocenters. The molecule has 8 heteroatoms. The first-order chi connectivity index (χ1) is 13.5. The first-order valence-corrected chi connectivity index (χ1v) is 9.74. The molecule has 3 amide bonds. The third-order valence-corrected chi connectivity index (χ3v) is 5.22. The van der Waals surface area contributed by atoms with E-state index in [4.69, 9.17) is 4.74 Å². The Kier molecular flexibility index (Phi) is 6.20. The van der Waals surface area contributed by atoms with Crippen LogP contribution >= 0.6 is 11.8 Å². The van der Waals surface area contributed by atoms with Crippen molar-refractivity contribution in [1.29, 1.82) is 0 Å². The van der Waals surface area contributed by atoms with Crippen molar-refractivity contribution in [1.82, 2.24) is 5.32 Å². The van der Waals surface area contributed by atoms with Gasteiger partial charge in [-0.05, 0) is 42.8 Å². The zero-order valence-electron chi connectivity index (χ0n) is 15.6. The van der Waals surface area contributed by atoms with Gasteiger partial charge in [-0.25, -0.2) is 0 Å². The Morgan fingerprint density at radius 2 is 2.04 bits per heavy atom. The number of fused-ring (bicyclic) bond motifs is 1. The van der Waals surface area contributed by atoms with E-state index < -0.39 is 5.91 Å². The Bertz CT molecular complexity index is 930. The second kappa shape index (κ2) is 8.79. The lowest BCUT2D eigenvalue weighted by atomic mass is 10.2. The fraction of sp³-hybridized carbons (Fsp3) is 0.250. The van der Waals surface area contributed by atoms with Gasteiger partial charge in [-0.3, -0.25) is 14.4 Å². The van der Waals surface area contributed by atoms with Crippen LogP contribution in [0, 0.1) is 6.92 Å². The summed E-state index contributed by atoms with van der Waals surface area (Å²) in [6.07, 6.45) is 0.434. The molecule has 3 rings (SSSR count). The number of aryl methyl sites for hydroxylation is 1. The molecular weight excluding hydrogens is 378 g/mol. The van der Waals surface area contributed by atoms with E-state index in [1.807, 2.05) is 13.0 Å². The van der Waals surface area contributed by atoms with Gasteiger partial charge >= 0.3 is 0 Å². The van der Waals surface area contributed by atoms with Gasteiger partial charge in [0.1, 0.15) is 5.75 Å². The number of nitrogens with one attached hydrogen (secondary N) is 3. The highest BCUT2D eigenvalue weighted by atomic mass is 32.2. The summed E-state index contributed by atoms with van der Waals surface area (Å²) in [4.78, 5) is 37.2. The van der Waals surface area contributed by atoms with E-state index in [-0.39, 0.29) is 18.4 Å². The maximum Gasteiger partial charge on any atom is 0.251 e. The SMILES string of the molecule is COc1ccc(C)cc1NC(=O)CNC(=O)c1ccc2c(c1)NC(=O)CCS2. The van der Waals surface area contributed by atoms with Crippen molar-refractivity contribution in [2.75, 3.05) is 30.0 Å². The molecule has 1 aliphatic rings. The lowest BCUT2D eigenvalue weighted by molar-refractivity contribution is -0.116. The number of rotatable bonds is 5. The minimum atomic E-state index is -0.391. The molecular formula is C20H21N3O4S. The summed E-state index contributed by atoms with van der Waals surface area (Å²) in [6, 6.07) is 10.6. The molecule has 1 aliphatic heterocycles. The van der Waals surface area contributed by atoms with Gasteiger partial charge in [-0.1, -0.05) is 6.07 Å². The Morgan fingerprint density at radius 3 is 2.82 bits per heavy atom. The van der Waals surface area contributed by atoms with Crippen LogP contribution in [0.25, 0.3) is 0 Å². The van der Waals surface area contributed by atoms with Crippen LogP contribution in [-0.4, -0.2) is 37.1 Å². The number of carbonyl (C=O) groups excluding carboxylic acids is 3. The zero-order valence-corrected chi connectivity index (χ0v) is 16.4. The standard InChI is InChI=1S/C20H21N3O4S/c1-12-3-5-16(27-2)14(9-12)22-19(25)11-21-20(26)13-4-6-17-15(10-13)23-18(24)7-8-28-17/h3-6,9-10H,7-8,11H2,1-2H3,(H,21,26)(H,22,25)(H,23,24). The number of ether oxygens (including phenoxy) is 1. The van der Waals surface area contributed by atoms with E-state index in [0.29, 0.717) is 34.9 Å². The van der Waals surface area contributed by atoms with E-state index in [9.17, 15) is 14.4 Å². The van der Waals surface area contributed by atoms with Crippen molar-refractivity contribution in [2.24, 2.45) is 0 Å². The van der Waals surface area contributed by atoms with Gasteiger partial charge in [0.25, 0.3) is 5.91 Å². The van der Waals surface area contributed by atoms with E-state index in [2.05, 4.69) is 16.0 Å². The molecule has 0 radical (unpaired) electrons. The monoisotopic (exact) mass is 399 g/mol. The summed E-state index contributed by atoms with van der Waals surface area (Å²) in [7, 11) is 1.53. The Balaban J connectivity index is 1.62. The summed E-state index contributed by atoms with van der Waals surface area (Å²) in [5.41, 5.74) is 2.52. The van der Waals surface area contributed by atoms with Crippen molar-refractivity contribution < 1.29 is 19.1 Å². The van der Waals surface area contributed by atoms with Crippen molar-refractivity contribution >= 4 is 40.9 Å². The third-order valence-electron chi connectivity index (χ3n) is 4.14. The molecule has 2 aromatic carbocycles. The third kappa shape index (κ3) is 4.83. The number of benzene rings is 2. The highest BCUT2D eigenvalue weighted by Gasteiger charge is 2.16. The topological polar surface area (TPSA) is 96.5 Å². The van der Waals surface area contributed by atoms with Crippen LogP contribution in [-0.2, 0) is 9.59 Å². The molecule has 28 heavy (non-hydrogen) atoms. The summed E-state index contributed by atoms with van der Waals surface area (Å²) >= 11 is 1.57. The minimum absolute atomic E-state index is 0.0738. The lowest BCUT2D eigenvalue weighted by Crippen LogP contribution is -2.33. The lowest BCUT2D eigenvalue weighted by Gasteiger charge is -2.12. The van der Waals surface area contributed by atoms with Crippen molar-refractivity contribution in [3.8, 4) is 5.75 Å². The zero-order chi connectivity index (χ0) is 20.1. The van der Waals surface area contributed by atoms with E-state index in [1.165, 1.54) is 7.11 Å². The van der Waals surface area contributed by atoms with Crippen LogP contribution in [0.5, 0.6) is 5.75 Å². The molecule has 1 heterocycles. The highest BCUT2D eigenvalue weighted by molar-refractivity contribution is 7.99. The van der Waals surface area contributed by atoms with Crippen molar-refractivity contribution in [3.05, 3.63) is 47.5 Å². The van der Waals surface area contributed by atoms with Crippen LogP contribution in [0.15, 0.2) is 41.3 Å². The maximum atomic E-state index is 12.4. The molecule has 146 valence electrons. The molecule has 7 nitrogen and oxygen atoms in total. The van der Waals surface area contributed by atoms with Crippen molar-refractivity contribution in [3.63, 3.8) is 0 Å². The molecule has 0 aromatic heterocycles. The summed E-state index contributed by atoms with van der Waals surface area (Å²) in [5, 5.41) is 8.13. The van der Waals surface area contributed by atoms with Crippen LogP contribution < -0.4 is 20.7 Å². The predicted molar refractivity (Wildman–Crippen MR) is 109 cm³/mol. The van der Waals surface area contributed by atoms with Gasteiger partial charge in [0.2, 0.25) is 11.8 Å². The summed E-state index contributed by atoms with van der Waals surface area (Å²) < 4.78 is 5.23. The average Bonchev–Trinajstić information content (AvgIpc) is 2.86. The Hall–Kier alpha value is -3.00. The van der Waals surface area contributed by atoms with Crippen LogP contribution in [0.1, 0.15) is 22.3 Å². The minimum Gasteiger partial charge on any atom is -0.495 e. The molecule has 2 aromatic rings. The van der Waals surface area contributed by atoms with Crippen LogP contribution in [0.4, 0.5) is 11.4 Å². The normalized spacial score (nSPS) is 13.0. The fourth-order valence-corrected chi connectivity index (χ4v) is 3.67. The number of anilines is 2. The van der Waals surface area contributed by atoms with Gasteiger partial charge in [0.15, 0.2) is 0 Å². The van der Waals surface area contributed by atoms with Gasteiger partial charge in [0.05, 0.1) is 25.0 Å². The van der Waals surface area contributed by atoms with Crippen LogP contribution in [0.2, 0.25) is 0 Å². The highest BCUT2D eigenvalue weighted by Crippen LogP contribution is 2.31. The number of amides is 3. The van der Waals surface area contributed by atoms with Gasteiger partial charge in [-0.15, -0.1) is 11.8 Å². The average molecular weight is 399 g/mol. The number of carbonyl (C=O) groups is 3. The van der Waals surface area contributed by atoms with Gasteiger partial charge in [0, 0.05) is 22.6 Å². The van der Waals surface area contributed by atoms with Crippen LogP contribution in [0.3, 0.4) is 0 Å². The van der Waals surface area contributed by atoms with E-state index >= 15 is 0 Å². The molecule has 0 aliphatic carbocycles. The fourth-order valence-electron chi connectivity index (χ4n) is 2.74. The van der Waals surface area contributed by atoms with E-state index in [0.717, 1.165) is 10.5 Å². The number of thioether (sulfide) groups is 1. The molecule has 3 N–H and O–H groups in total. The summed E-state index contributed by atoms with van der Waals surface area (Å²) in [6.45, 7) is 1.72. The quantitative estimate of drug-likeness (QED) is 0.718. The number of hydrogen-bond donors (Lipinski definition) is 3. The van der Waals surface area contributed by atoms with Crippen molar-refractivity contribution in [2.45, 2.75) is 18.2 Å². The molecule has 0 fully saturated rings. The molecule has 0 saturated heterocycles. The van der Waals surface area contributed by atoms with Gasteiger partial charge < -0.3 is 20.7 Å². The largest absolute Gasteiger partial charge is 0.495 e. The second-order valence-corrected chi connectivity index (χ2v) is 7.43. The van der Waals surface area contributed by atoms with Gasteiger partial charge in [-0.2, -0.15) is 0 Å². The smallest absolute Gasteiger partial charge is 0.251 e. The number of hydrogen-bond acceptors (Lipinski definition) is 5. The molecule has 0 bridgehead atoms. The first-order valence-electron chi connectivity index (χ1n) is 8.75. The second-order valence-electron chi connectivity index (χ2n) is 6.29. The maximum absolute atomic E-state index is 12.4. The summed E-state index contributed by atoms with van der Waals surface area (Å²) in [5.74, 6) is 0.417. The van der Waals surface area contributed by atoms with E-state index in [1.54, 1.807) is 42.1 Å². The molecule has 0 atom stereocenters. The Morgan fingerprint density at radius 1 is 1.21 bits per heavy atom.